The molecule has 2 nitrogen and oxygen atoms in total. The number of ether oxygens (including phenoxy) is 1. The summed E-state index contributed by atoms with van der Waals surface area (Å²) < 4.78 is 5.78. The minimum Gasteiger partial charge on any atom is -0.494 e. The average molecular weight is 235 g/mol. The van der Waals surface area contributed by atoms with Gasteiger partial charge in [-0.1, -0.05) is 19.9 Å². The highest BCUT2D eigenvalue weighted by atomic mass is 16.5. The minimum absolute atomic E-state index is 0.805. The van der Waals surface area contributed by atoms with Gasteiger partial charge in [0, 0.05) is 6.54 Å². The van der Waals surface area contributed by atoms with Crippen LogP contribution in [0.15, 0.2) is 18.2 Å². The van der Waals surface area contributed by atoms with Gasteiger partial charge < -0.3 is 9.64 Å². The Hall–Kier alpha value is -1.02. The first-order valence-corrected chi connectivity index (χ1v) is 6.59. The maximum Gasteiger partial charge on any atom is 0.119 e. The van der Waals surface area contributed by atoms with E-state index < -0.39 is 0 Å². The lowest BCUT2D eigenvalue weighted by Crippen LogP contribution is -2.25. The van der Waals surface area contributed by atoms with Crippen molar-refractivity contribution in [1.82, 2.24) is 4.90 Å². The topological polar surface area (TPSA) is 12.5 Å². The molecule has 0 atom stereocenters. The summed E-state index contributed by atoms with van der Waals surface area (Å²) in [5, 5.41) is 0. The molecule has 0 fully saturated rings. The SMILES string of the molecule is CCN(CC)CCCOc1cc(C)cc(C)c1. The monoisotopic (exact) mass is 235 g/mol. The van der Waals surface area contributed by atoms with Gasteiger partial charge in [0.1, 0.15) is 5.75 Å². The highest BCUT2D eigenvalue weighted by Crippen LogP contribution is 2.16. The van der Waals surface area contributed by atoms with Gasteiger partial charge >= 0.3 is 0 Å². The summed E-state index contributed by atoms with van der Waals surface area (Å²) >= 11 is 0. The molecule has 1 aromatic rings. The molecule has 0 unspecified atom stereocenters. The van der Waals surface area contributed by atoms with Crippen molar-refractivity contribution in [3.8, 4) is 5.75 Å². The van der Waals surface area contributed by atoms with Gasteiger partial charge in [0.05, 0.1) is 6.61 Å². The van der Waals surface area contributed by atoms with Crippen molar-refractivity contribution in [3.05, 3.63) is 29.3 Å². The van der Waals surface area contributed by atoms with Crippen molar-refractivity contribution < 1.29 is 4.74 Å². The Morgan fingerprint density at radius 3 is 2.12 bits per heavy atom. The fraction of sp³-hybridized carbons (Fsp3) is 0.600. The van der Waals surface area contributed by atoms with E-state index in [1.54, 1.807) is 0 Å². The molecule has 0 aliphatic carbocycles. The van der Waals surface area contributed by atoms with Crippen LogP contribution in [0.4, 0.5) is 0 Å². The molecule has 1 aromatic carbocycles. The highest BCUT2D eigenvalue weighted by Gasteiger charge is 2.00. The number of hydrogen-bond donors (Lipinski definition) is 0. The number of nitrogens with zero attached hydrogens (tertiary/aromatic N) is 1. The van der Waals surface area contributed by atoms with Gasteiger partial charge in [-0.3, -0.25) is 0 Å². The van der Waals surface area contributed by atoms with Crippen molar-refractivity contribution in [1.29, 1.82) is 0 Å². The Morgan fingerprint density at radius 2 is 1.59 bits per heavy atom. The van der Waals surface area contributed by atoms with Crippen LogP contribution in [-0.4, -0.2) is 31.1 Å². The van der Waals surface area contributed by atoms with Crippen molar-refractivity contribution in [2.45, 2.75) is 34.1 Å². The first-order valence-electron chi connectivity index (χ1n) is 6.59. The maximum atomic E-state index is 5.78. The number of hydrogen-bond acceptors (Lipinski definition) is 2. The van der Waals surface area contributed by atoms with Crippen LogP contribution in [0.3, 0.4) is 0 Å². The zero-order valence-corrected chi connectivity index (χ0v) is 11.6. The van der Waals surface area contributed by atoms with Gasteiger partial charge in [-0.25, -0.2) is 0 Å². The fourth-order valence-electron chi connectivity index (χ4n) is 2.03. The summed E-state index contributed by atoms with van der Waals surface area (Å²) in [6.45, 7) is 12.8. The Labute approximate surface area is 106 Å². The molecular formula is C15H25NO. The van der Waals surface area contributed by atoms with Gasteiger partial charge in [-0.05, 0) is 56.6 Å². The molecule has 1 rings (SSSR count). The molecule has 0 N–H and O–H groups in total. The lowest BCUT2D eigenvalue weighted by Gasteiger charge is -2.17. The van der Waals surface area contributed by atoms with Crippen molar-refractivity contribution >= 4 is 0 Å². The summed E-state index contributed by atoms with van der Waals surface area (Å²) in [6, 6.07) is 6.37. The second-order valence-corrected chi connectivity index (χ2v) is 4.55. The van der Waals surface area contributed by atoms with E-state index in [2.05, 4.69) is 50.8 Å². The van der Waals surface area contributed by atoms with Crippen LogP contribution in [-0.2, 0) is 0 Å². The predicted octanol–water partition coefficient (Wildman–Crippen LogP) is 3.41. The smallest absolute Gasteiger partial charge is 0.119 e. The van der Waals surface area contributed by atoms with E-state index >= 15 is 0 Å². The number of rotatable bonds is 7. The molecular weight excluding hydrogens is 210 g/mol. The highest BCUT2D eigenvalue weighted by molar-refractivity contribution is 5.32. The first-order chi connectivity index (χ1) is 8.15. The van der Waals surface area contributed by atoms with E-state index in [0.717, 1.165) is 38.4 Å². The Balaban J connectivity index is 2.31. The Bertz CT molecular complexity index is 311. The second-order valence-electron chi connectivity index (χ2n) is 4.55. The number of aryl methyl sites for hydroxylation is 2. The van der Waals surface area contributed by atoms with Crippen LogP contribution in [0.1, 0.15) is 31.4 Å². The number of benzene rings is 1. The third-order valence-electron chi connectivity index (χ3n) is 2.98. The van der Waals surface area contributed by atoms with Crippen LogP contribution in [0.2, 0.25) is 0 Å². The third kappa shape index (κ3) is 5.22. The summed E-state index contributed by atoms with van der Waals surface area (Å²) in [7, 11) is 0. The summed E-state index contributed by atoms with van der Waals surface area (Å²) in [5.41, 5.74) is 2.53. The molecule has 17 heavy (non-hydrogen) atoms. The molecule has 0 radical (unpaired) electrons. The third-order valence-corrected chi connectivity index (χ3v) is 2.98. The molecule has 0 heterocycles. The zero-order chi connectivity index (χ0) is 12.7. The van der Waals surface area contributed by atoms with E-state index in [-0.39, 0.29) is 0 Å². The standard InChI is InChI=1S/C15H25NO/c1-5-16(6-2)8-7-9-17-15-11-13(3)10-14(4)12-15/h10-12H,5-9H2,1-4H3. The van der Waals surface area contributed by atoms with E-state index in [9.17, 15) is 0 Å². The first kappa shape index (κ1) is 14.0. The van der Waals surface area contributed by atoms with Gasteiger partial charge in [0.15, 0.2) is 0 Å². The van der Waals surface area contributed by atoms with Crippen LogP contribution in [0, 0.1) is 13.8 Å². The molecule has 0 saturated heterocycles. The van der Waals surface area contributed by atoms with E-state index in [1.807, 2.05) is 0 Å². The van der Waals surface area contributed by atoms with Gasteiger partial charge in [0.2, 0.25) is 0 Å². The molecule has 96 valence electrons. The summed E-state index contributed by atoms with van der Waals surface area (Å²) in [6.07, 6.45) is 1.09. The van der Waals surface area contributed by atoms with E-state index in [4.69, 9.17) is 4.74 Å². The predicted molar refractivity (Wildman–Crippen MR) is 73.8 cm³/mol. The average Bonchev–Trinajstić information content (AvgIpc) is 2.28. The largest absolute Gasteiger partial charge is 0.494 e. The van der Waals surface area contributed by atoms with Gasteiger partial charge in [-0.15, -0.1) is 0 Å². The lowest BCUT2D eigenvalue weighted by atomic mass is 10.1. The van der Waals surface area contributed by atoms with E-state index in [1.165, 1.54) is 11.1 Å². The van der Waals surface area contributed by atoms with Crippen LogP contribution < -0.4 is 4.74 Å². The van der Waals surface area contributed by atoms with E-state index in [0.29, 0.717) is 0 Å². The molecule has 0 amide bonds. The molecule has 0 bridgehead atoms. The normalized spacial score (nSPS) is 10.9. The van der Waals surface area contributed by atoms with Crippen LogP contribution >= 0.6 is 0 Å². The summed E-state index contributed by atoms with van der Waals surface area (Å²) in [4.78, 5) is 2.42. The lowest BCUT2D eigenvalue weighted by molar-refractivity contribution is 0.249. The second kappa shape index (κ2) is 7.33. The Kier molecular flexibility index (Phi) is 6.06. The van der Waals surface area contributed by atoms with Crippen molar-refractivity contribution in [3.63, 3.8) is 0 Å². The molecule has 0 spiro atoms. The molecule has 2 heteroatoms. The van der Waals surface area contributed by atoms with Crippen LogP contribution in [0.5, 0.6) is 5.75 Å². The minimum atomic E-state index is 0.805. The maximum absolute atomic E-state index is 5.78. The molecule has 0 aliphatic rings. The van der Waals surface area contributed by atoms with Crippen molar-refractivity contribution in [2.75, 3.05) is 26.2 Å². The molecule has 0 aliphatic heterocycles. The van der Waals surface area contributed by atoms with Crippen LogP contribution in [0.25, 0.3) is 0 Å². The fourth-order valence-corrected chi connectivity index (χ4v) is 2.03. The zero-order valence-electron chi connectivity index (χ0n) is 11.6. The summed E-state index contributed by atoms with van der Waals surface area (Å²) in [5.74, 6) is 1.00. The molecule has 0 saturated carbocycles. The molecule has 0 aromatic heterocycles. The van der Waals surface area contributed by atoms with Gasteiger partial charge in [0.25, 0.3) is 0 Å². The Morgan fingerprint density at radius 1 is 1.00 bits per heavy atom. The van der Waals surface area contributed by atoms with Gasteiger partial charge in [-0.2, -0.15) is 0 Å². The van der Waals surface area contributed by atoms with Crippen molar-refractivity contribution in [2.24, 2.45) is 0 Å². The quantitative estimate of drug-likeness (QED) is 0.671.